The Hall–Kier alpha value is -2.57. The maximum atomic E-state index is 13.0. The van der Waals surface area contributed by atoms with Crippen LogP contribution in [0.15, 0.2) is 24.3 Å². The molecule has 1 aromatic carbocycles. The Bertz CT molecular complexity index is 817. The first-order chi connectivity index (χ1) is 14.3. The van der Waals surface area contributed by atoms with Crippen molar-refractivity contribution in [1.82, 2.24) is 25.0 Å². The minimum absolute atomic E-state index is 0.0193. The molecule has 0 radical (unpaired) electrons. The highest BCUT2D eigenvalue weighted by atomic mass is 16.5. The number of hydrogen-bond acceptors (Lipinski definition) is 4. The molecule has 1 atom stereocenters. The number of fused-ring (bicyclic) bond motifs is 1. The van der Waals surface area contributed by atoms with E-state index < -0.39 is 0 Å². The molecule has 156 valence electrons. The average Bonchev–Trinajstić information content (AvgIpc) is 3.21. The standard InChI is InChI=1S/C22H31N5O2/c1-2-15-29-18-11-9-17(10-12-18)16-23-22(28)26-13-5-3-7-19(26)21-25-24-20-8-4-6-14-27(20)21/h9-12,19H,2-8,13-16H2,1H3,(H,23,28). The highest BCUT2D eigenvalue weighted by Crippen LogP contribution is 2.31. The lowest BCUT2D eigenvalue weighted by Gasteiger charge is -2.35. The van der Waals surface area contributed by atoms with E-state index in [-0.39, 0.29) is 12.1 Å². The highest BCUT2D eigenvalue weighted by molar-refractivity contribution is 5.74. The fourth-order valence-corrected chi connectivity index (χ4v) is 4.22. The number of rotatable bonds is 6. The Morgan fingerprint density at radius 1 is 1.14 bits per heavy atom. The van der Waals surface area contributed by atoms with Gasteiger partial charge in [0.05, 0.1) is 12.6 Å². The number of hydrogen-bond donors (Lipinski definition) is 1. The van der Waals surface area contributed by atoms with Gasteiger partial charge in [-0.25, -0.2) is 4.79 Å². The van der Waals surface area contributed by atoms with Crippen LogP contribution in [0.3, 0.4) is 0 Å². The second-order valence-corrected chi connectivity index (χ2v) is 7.94. The summed E-state index contributed by atoms with van der Waals surface area (Å²) in [7, 11) is 0. The van der Waals surface area contributed by atoms with Crippen molar-refractivity contribution in [1.29, 1.82) is 0 Å². The van der Waals surface area contributed by atoms with Crippen LogP contribution in [0.25, 0.3) is 0 Å². The zero-order valence-electron chi connectivity index (χ0n) is 17.3. The molecule has 1 saturated heterocycles. The molecule has 1 N–H and O–H groups in total. The van der Waals surface area contributed by atoms with Gasteiger partial charge < -0.3 is 19.5 Å². The molecule has 7 heteroatoms. The van der Waals surface area contributed by atoms with E-state index in [1.807, 2.05) is 29.2 Å². The van der Waals surface area contributed by atoms with Gasteiger partial charge in [-0.3, -0.25) is 0 Å². The van der Waals surface area contributed by atoms with Crippen LogP contribution in [0.1, 0.15) is 68.7 Å². The fraction of sp³-hybridized carbons (Fsp3) is 0.591. The average molecular weight is 398 g/mol. The van der Waals surface area contributed by atoms with E-state index in [1.165, 1.54) is 6.42 Å². The largest absolute Gasteiger partial charge is 0.494 e. The van der Waals surface area contributed by atoms with Crippen molar-refractivity contribution < 1.29 is 9.53 Å². The van der Waals surface area contributed by atoms with E-state index in [9.17, 15) is 4.79 Å². The second-order valence-electron chi connectivity index (χ2n) is 7.94. The summed E-state index contributed by atoms with van der Waals surface area (Å²) in [5, 5.41) is 12.0. The number of carbonyl (C=O) groups excluding carboxylic acids is 1. The Balaban J connectivity index is 1.39. The van der Waals surface area contributed by atoms with Crippen molar-refractivity contribution in [2.75, 3.05) is 13.2 Å². The summed E-state index contributed by atoms with van der Waals surface area (Å²) in [6, 6.07) is 7.94. The molecule has 2 amide bonds. The first-order valence-electron chi connectivity index (χ1n) is 10.9. The lowest BCUT2D eigenvalue weighted by atomic mass is 10.0. The van der Waals surface area contributed by atoms with Crippen LogP contribution in [-0.4, -0.2) is 38.8 Å². The van der Waals surface area contributed by atoms with E-state index >= 15 is 0 Å². The number of aryl methyl sites for hydroxylation is 1. The Kier molecular flexibility index (Phi) is 6.32. The van der Waals surface area contributed by atoms with Gasteiger partial charge in [-0.15, -0.1) is 10.2 Å². The topological polar surface area (TPSA) is 72.3 Å². The molecule has 7 nitrogen and oxygen atoms in total. The van der Waals surface area contributed by atoms with Gasteiger partial charge in [-0.2, -0.15) is 0 Å². The van der Waals surface area contributed by atoms with Crippen LogP contribution in [0.2, 0.25) is 0 Å². The van der Waals surface area contributed by atoms with Crippen LogP contribution in [-0.2, 0) is 19.5 Å². The molecule has 0 saturated carbocycles. The zero-order valence-corrected chi connectivity index (χ0v) is 17.3. The summed E-state index contributed by atoms with van der Waals surface area (Å²) in [5.41, 5.74) is 1.07. The molecule has 0 spiro atoms. The highest BCUT2D eigenvalue weighted by Gasteiger charge is 2.32. The quantitative estimate of drug-likeness (QED) is 0.804. The van der Waals surface area contributed by atoms with Gasteiger partial charge >= 0.3 is 6.03 Å². The van der Waals surface area contributed by atoms with E-state index in [0.717, 1.165) is 81.2 Å². The molecule has 0 bridgehead atoms. The van der Waals surface area contributed by atoms with E-state index in [1.54, 1.807) is 0 Å². The van der Waals surface area contributed by atoms with E-state index in [4.69, 9.17) is 4.74 Å². The van der Waals surface area contributed by atoms with E-state index in [2.05, 4.69) is 27.0 Å². The van der Waals surface area contributed by atoms with Crippen LogP contribution < -0.4 is 10.1 Å². The summed E-state index contributed by atoms with van der Waals surface area (Å²) >= 11 is 0. The molecule has 2 aliphatic rings. The zero-order chi connectivity index (χ0) is 20.1. The number of likely N-dealkylation sites (tertiary alicyclic amines) is 1. The van der Waals surface area contributed by atoms with Crippen LogP contribution in [0.5, 0.6) is 5.75 Å². The van der Waals surface area contributed by atoms with Gasteiger partial charge in [0.2, 0.25) is 0 Å². The number of nitrogens with zero attached hydrogens (tertiary/aromatic N) is 4. The number of carbonyl (C=O) groups is 1. The summed E-state index contributed by atoms with van der Waals surface area (Å²) in [4.78, 5) is 14.9. The van der Waals surface area contributed by atoms with Crippen LogP contribution in [0, 0.1) is 0 Å². The molecule has 2 aliphatic heterocycles. The van der Waals surface area contributed by atoms with Gasteiger partial charge in [0.1, 0.15) is 11.6 Å². The SMILES string of the molecule is CCCOc1ccc(CNC(=O)N2CCCCC2c2nnc3n2CCCC3)cc1. The summed E-state index contributed by atoms with van der Waals surface area (Å²) in [6.07, 6.45) is 7.43. The molecule has 4 rings (SSSR count). The monoisotopic (exact) mass is 397 g/mol. The first kappa shape index (κ1) is 19.7. The van der Waals surface area contributed by atoms with Gasteiger partial charge in [0.25, 0.3) is 0 Å². The number of piperidine rings is 1. The van der Waals surface area contributed by atoms with Crippen LogP contribution >= 0.6 is 0 Å². The van der Waals surface area contributed by atoms with Gasteiger partial charge in [0.15, 0.2) is 5.82 Å². The van der Waals surface area contributed by atoms with E-state index in [0.29, 0.717) is 6.54 Å². The number of urea groups is 1. The number of ether oxygens (including phenoxy) is 1. The van der Waals surface area contributed by atoms with Gasteiger partial charge in [-0.1, -0.05) is 19.1 Å². The molecule has 1 unspecified atom stereocenters. The summed E-state index contributed by atoms with van der Waals surface area (Å²) < 4.78 is 7.87. The third-order valence-corrected chi connectivity index (χ3v) is 5.79. The molecular weight excluding hydrogens is 366 g/mol. The smallest absolute Gasteiger partial charge is 0.318 e. The van der Waals surface area contributed by atoms with Crippen molar-refractivity contribution in [3.8, 4) is 5.75 Å². The summed E-state index contributed by atoms with van der Waals surface area (Å²) in [6.45, 7) is 5.05. The molecule has 29 heavy (non-hydrogen) atoms. The van der Waals surface area contributed by atoms with Crippen molar-refractivity contribution >= 4 is 6.03 Å². The molecule has 3 heterocycles. The van der Waals surface area contributed by atoms with Crippen molar-refractivity contribution in [3.63, 3.8) is 0 Å². The second kappa shape index (κ2) is 9.29. The Morgan fingerprint density at radius 3 is 2.79 bits per heavy atom. The predicted molar refractivity (Wildman–Crippen MR) is 111 cm³/mol. The molecular formula is C22H31N5O2. The molecule has 0 aliphatic carbocycles. The molecule has 1 fully saturated rings. The van der Waals surface area contributed by atoms with Crippen molar-refractivity contribution in [2.24, 2.45) is 0 Å². The predicted octanol–water partition coefficient (Wildman–Crippen LogP) is 3.84. The number of nitrogens with one attached hydrogen (secondary N) is 1. The number of aromatic nitrogens is 3. The fourth-order valence-electron chi connectivity index (χ4n) is 4.22. The minimum Gasteiger partial charge on any atom is -0.494 e. The van der Waals surface area contributed by atoms with Gasteiger partial charge in [0, 0.05) is 26.1 Å². The Labute approximate surface area is 172 Å². The maximum absolute atomic E-state index is 13.0. The third kappa shape index (κ3) is 4.54. The maximum Gasteiger partial charge on any atom is 0.318 e. The van der Waals surface area contributed by atoms with Crippen molar-refractivity contribution in [3.05, 3.63) is 41.5 Å². The minimum atomic E-state index is -0.0193. The number of amides is 2. The lowest BCUT2D eigenvalue weighted by Crippen LogP contribution is -2.45. The summed E-state index contributed by atoms with van der Waals surface area (Å²) in [5.74, 6) is 2.91. The molecule has 2 aromatic rings. The number of benzene rings is 1. The van der Waals surface area contributed by atoms with Crippen LogP contribution in [0.4, 0.5) is 4.79 Å². The van der Waals surface area contributed by atoms with Gasteiger partial charge in [-0.05, 0) is 56.2 Å². The normalized spacial score (nSPS) is 18.9. The molecule has 1 aromatic heterocycles. The Morgan fingerprint density at radius 2 is 1.97 bits per heavy atom. The third-order valence-electron chi connectivity index (χ3n) is 5.79. The van der Waals surface area contributed by atoms with Crippen molar-refractivity contribution in [2.45, 2.75) is 71.0 Å². The lowest BCUT2D eigenvalue weighted by molar-refractivity contribution is 0.144. The first-order valence-corrected chi connectivity index (χ1v) is 10.9.